The first-order valence-corrected chi connectivity index (χ1v) is 10.1. The quantitative estimate of drug-likeness (QED) is 0.863. The number of amides is 1. The number of ether oxygens (including phenoxy) is 1. The van der Waals surface area contributed by atoms with Crippen molar-refractivity contribution in [3.63, 3.8) is 0 Å². The molecule has 2 saturated heterocycles. The molecule has 5 nitrogen and oxygen atoms in total. The van der Waals surface area contributed by atoms with Gasteiger partial charge in [-0.3, -0.25) is 4.79 Å². The smallest absolute Gasteiger partial charge is 0.222 e. The number of quaternary nitrogens is 1. The van der Waals surface area contributed by atoms with Gasteiger partial charge in [-0.2, -0.15) is 0 Å². The van der Waals surface area contributed by atoms with Gasteiger partial charge in [-0.05, 0) is 18.1 Å². The molecule has 26 heavy (non-hydrogen) atoms. The molecule has 0 saturated carbocycles. The summed E-state index contributed by atoms with van der Waals surface area (Å²) in [6.07, 6.45) is 2.98. The van der Waals surface area contributed by atoms with Crippen LogP contribution in [0.25, 0.3) is 0 Å². The Morgan fingerprint density at radius 2 is 1.81 bits per heavy atom. The third kappa shape index (κ3) is 4.50. The summed E-state index contributed by atoms with van der Waals surface area (Å²) in [5.41, 5.74) is 1.21. The Morgan fingerprint density at radius 1 is 1.15 bits per heavy atom. The number of carbonyl (C=O) groups excluding carboxylic acids is 1. The van der Waals surface area contributed by atoms with Crippen molar-refractivity contribution in [3.8, 4) is 5.75 Å². The summed E-state index contributed by atoms with van der Waals surface area (Å²) in [5.74, 6) is 1.76. The monoisotopic (exact) mass is 360 g/mol. The van der Waals surface area contributed by atoms with Crippen molar-refractivity contribution < 1.29 is 14.4 Å². The molecule has 0 aromatic heterocycles. The van der Waals surface area contributed by atoms with E-state index in [1.165, 1.54) is 18.8 Å². The molecule has 0 radical (unpaired) electrons. The van der Waals surface area contributed by atoms with Crippen LogP contribution in [-0.4, -0.2) is 63.2 Å². The summed E-state index contributed by atoms with van der Waals surface area (Å²) < 4.78 is 5.52. The first kappa shape index (κ1) is 19.0. The van der Waals surface area contributed by atoms with Gasteiger partial charge in [0.1, 0.15) is 5.75 Å². The first-order chi connectivity index (χ1) is 12.6. The lowest BCUT2D eigenvalue weighted by Gasteiger charge is -2.41. The molecule has 1 amide bonds. The van der Waals surface area contributed by atoms with Crippen LogP contribution >= 0.6 is 0 Å². The standard InChI is InChI=1S/C21H33N3O2/c1-17(2)16-21(25)24-10-8-18(9-11-24)22-12-14-23(15-13-22)19-6-4-5-7-20(19)26-3/h4-7,17-18H,8-16H2,1-3H3/p+1. The molecule has 1 aromatic rings. The Balaban J connectivity index is 1.48. The largest absolute Gasteiger partial charge is 0.495 e. The fourth-order valence-electron chi connectivity index (χ4n) is 4.35. The molecule has 2 heterocycles. The number of hydrogen-bond donors (Lipinski definition) is 1. The van der Waals surface area contributed by atoms with Gasteiger partial charge in [0, 0.05) is 32.4 Å². The van der Waals surface area contributed by atoms with E-state index in [9.17, 15) is 4.79 Å². The summed E-state index contributed by atoms with van der Waals surface area (Å²) in [6, 6.07) is 9.01. The first-order valence-electron chi connectivity index (χ1n) is 10.1. The highest BCUT2D eigenvalue weighted by Gasteiger charge is 2.32. The highest BCUT2D eigenvalue weighted by Crippen LogP contribution is 2.27. The maximum Gasteiger partial charge on any atom is 0.222 e. The number of piperazine rings is 1. The molecule has 2 fully saturated rings. The molecule has 0 unspecified atom stereocenters. The molecular weight excluding hydrogens is 326 g/mol. The van der Waals surface area contributed by atoms with E-state index < -0.39 is 0 Å². The summed E-state index contributed by atoms with van der Waals surface area (Å²) in [7, 11) is 1.74. The van der Waals surface area contributed by atoms with Crippen molar-refractivity contribution >= 4 is 11.6 Å². The fraction of sp³-hybridized carbons (Fsp3) is 0.667. The number of carbonyl (C=O) groups is 1. The van der Waals surface area contributed by atoms with Gasteiger partial charge in [-0.15, -0.1) is 0 Å². The van der Waals surface area contributed by atoms with Crippen LogP contribution in [0.4, 0.5) is 5.69 Å². The van der Waals surface area contributed by atoms with Gasteiger partial charge in [-0.25, -0.2) is 0 Å². The van der Waals surface area contributed by atoms with E-state index in [4.69, 9.17) is 4.74 Å². The minimum Gasteiger partial charge on any atom is -0.495 e. The topological polar surface area (TPSA) is 37.2 Å². The van der Waals surface area contributed by atoms with Crippen LogP contribution in [-0.2, 0) is 4.79 Å². The zero-order valence-electron chi connectivity index (χ0n) is 16.5. The van der Waals surface area contributed by atoms with Crippen molar-refractivity contribution in [2.75, 3.05) is 51.3 Å². The molecule has 1 aromatic carbocycles. The molecule has 3 rings (SSSR count). The van der Waals surface area contributed by atoms with E-state index in [2.05, 4.69) is 35.8 Å². The molecule has 0 aliphatic carbocycles. The fourth-order valence-corrected chi connectivity index (χ4v) is 4.35. The van der Waals surface area contributed by atoms with E-state index >= 15 is 0 Å². The zero-order chi connectivity index (χ0) is 18.5. The average Bonchev–Trinajstić information content (AvgIpc) is 2.67. The Labute approximate surface area is 157 Å². The summed E-state index contributed by atoms with van der Waals surface area (Å²) in [5, 5.41) is 0. The third-order valence-corrected chi connectivity index (χ3v) is 5.84. The van der Waals surface area contributed by atoms with Crippen molar-refractivity contribution in [3.05, 3.63) is 24.3 Å². The SMILES string of the molecule is COc1ccccc1N1CC[NH+](C2CCN(C(=O)CC(C)C)CC2)CC1. The predicted molar refractivity (Wildman–Crippen MR) is 105 cm³/mol. The molecule has 1 N–H and O–H groups in total. The van der Waals surface area contributed by atoms with E-state index in [0.717, 1.165) is 44.8 Å². The number of likely N-dealkylation sites (tertiary alicyclic amines) is 1. The second kappa shape index (κ2) is 8.76. The lowest BCUT2D eigenvalue weighted by molar-refractivity contribution is -0.927. The normalized spacial score (nSPS) is 19.8. The van der Waals surface area contributed by atoms with Gasteiger partial charge >= 0.3 is 0 Å². The molecule has 144 valence electrons. The molecule has 2 aliphatic heterocycles. The van der Waals surface area contributed by atoms with Gasteiger partial charge < -0.3 is 19.4 Å². The maximum absolute atomic E-state index is 12.3. The van der Waals surface area contributed by atoms with Gasteiger partial charge in [0.25, 0.3) is 0 Å². The van der Waals surface area contributed by atoms with Gasteiger partial charge in [0.05, 0.1) is 45.0 Å². The van der Waals surface area contributed by atoms with Gasteiger partial charge in [0.2, 0.25) is 5.91 Å². The Morgan fingerprint density at radius 3 is 2.42 bits per heavy atom. The number of rotatable bonds is 5. The van der Waals surface area contributed by atoms with E-state index in [1.807, 2.05) is 12.1 Å². The lowest BCUT2D eigenvalue weighted by Crippen LogP contribution is -3.18. The van der Waals surface area contributed by atoms with Crippen LogP contribution in [0, 0.1) is 5.92 Å². The molecule has 0 spiro atoms. The minimum atomic E-state index is 0.342. The number of para-hydroxylation sites is 2. The Kier molecular flexibility index (Phi) is 6.41. The number of piperidine rings is 1. The molecule has 2 aliphatic rings. The van der Waals surface area contributed by atoms with Crippen LogP contribution in [0.15, 0.2) is 24.3 Å². The van der Waals surface area contributed by atoms with Crippen molar-refractivity contribution in [2.24, 2.45) is 5.92 Å². The van der Waals surface area contributed by atoms with Crippen LogP contribution in [0.2, 0.25) is 0 Å². The number of anilines is 1. The molecule has 5 heteroatoms. The molecule has 0 atom stereocenters. The molecular formula is C21H34N3O2+. The molecule has 0 bridgehead atoms. The highest BCUT2D eigenvalue weighted by molar-refractivity contribution is 5.76. The number of methoxy groups -OCH3 is 1. The summed E-state index contributed by atoms with van der Waals surface area (Å²) >= 11 is 0. The van der Waals surface area contributed by atoms with Crippen molar-refractivity contribution in [1.29, 1.82) is 0 Å². The predicted octanol–water partition coefficient (Wildman–Crippen LogP) is 1.44. The lowest BCUT2D eigenvalue weighted by atomic mass is 10.0. The van der Waals surface area contributed by atoms with Gasteiger partial charge in [-0.1, -0.05) is 26.0 Å². The highest BCUT2D eigenvalue weighted by atomic mass is 16.5. The third-order valence-electron chi connectivity index (χ3n) is 5.84. The van der Waals surface area contributed by atoms with E-state index in [1.54, 1.807) is 12.0 Å². The van der Waals surface area contributed by atoms with Crippen molar-refractivity contribution in [2.45, 2.75) is 39.2 Å². The average molecular weight is 361 g/mol. The minimum absolute atomic E-state index is 0.342. The number of nitrogens with one attached hydrogen (secondary N) is 1. The number of benzene rings is 1. The van der Waals surface area contributed by atoms with E-state index in [-0.39, 0.29) is 0 Å². The second-order valence-electron chi connectivity index (χ2n) is 8.07. The number of hydrogen-bond acceptors (Lipinski definition) is 3. The summed E-state index contributed by atoms with van der Waals surface area (Å²) in [4.78, 5) is 18.5. The van der Waals surface area contributed by atoms with Crippen LogP contribution < -0.4 is 14.5 Å². The van der Waals surface area contributed by atoms with Crippen LogP contribution in [0.3, 0.4) is 0 Å². The zero-order valence-corrected chi connectivity index (χ0v) is 16.5. The van der Waals surface area contributed by atoms with Gasteiger partial charge in [0.15, 0.2) is 0 Å². The van der Waals surface area contributed by atoms with Crippen molar-refractivity contribution in [1.82, 2.24) is 4.90 Å². The summed E-state index contributed by atoms with van der Waals surface area (Å²) in [6.45, 7) is 10.6. The Bertz CT molecular complexity index is 589. The second-order valence-corrected chi connectivity index (χ2v) is 8.07. The van der Waals surface area contributed by atoms with Crippen LogP contribution in [0.5, 0.6) is 5.75 Å². The van der Waals surface area contributed by atoms with Crippen LogP contribution in [0.1, 0.15) is 33.1 Å². The number of nitrogens with zero attached hydrogens (tertiary/aromatic N) is 2. The maximum atomic E-state index is 12.3. The Hall–Kier alpha value is -1.75. The van der Waals surface area contributed by atoms with E-state index in [0.29, 0.717) is 24.3 Å².